The van der Waals surface area contributed by atoms with Gasteiger partial charge in [-0.05, 0) is 96.3 Å². The third kappa shape index (κ3) is 45.6. The molecule has 0 heterocycles. The molecule has 2 atom stereocenters. The molecule has 0 aromatic rings. The fourth-order valence-electron chi connectivity index (χ4n) is 4.89. The third-order valence-electron chi connectivity index (χ3n) is 8.20. The Hall–Kier alpha value is -3.36. The molecule has 0 saturated carbocycles. The summed E-state index contributed by atoms with van der Waals surface area (Å²) in [7, 11) is 1.26. The first kappa shape index (κ1) is 55.6. The van der Waals surface area contributed by atoms with Crippen molar-refractivity contribution in [3.8, 4) is 0 Å². The van der Waals surface area contributed by atoms with Crippen molar-refractivity contribution in [3.63, 3.8) is 0 Å². The summed E-state index contributed by atoms with van der Waals surface area (Å²) in [5.41, 5.74) is 0. The Morgan fingerprint density at radius 2 is 0.898 bits per heavy atom. The van der Waals surface area contributed by atoms with E-state index in [0.717, 1.165) is 89.9 Å². The minimum atomic E-state index is -4.57. The first-order valence-electron chi connectivity index (χ1n) is 21.9. The van der Waals surface area contributed by atoms with Gasteiger partial charge in [-0.3, -0.25) is 9.36 Å². The number of hydrogen-bond donors (Lipinski definition) is 0. The van der Waals surface area contributed by atoms with E-state index >= 15 is 0 Å². The molecule has 0 fully saturated rings. The average molecular weight is 838 g/mol. The molecule has 0 rings (SSSR count). The van der Waals surface area contributed by atoms with Crippen molar-refractivity contribution in [2.45, 2.75) is 123 Å². The Kier molecular flexibility index (Phi) is 39.0. The monoisotopic (exact) mass is 838 g/mol. The zero-order chi connectivity index (χ0) is 43.4. The predicted octanol–water partition coefficient (Wildman–Crippen LogP) is 12.5. The van der Waals surface area contributed by atoms with Crippen molar-refractivity contribution in [2.24, 2.45) is 0 Å². The van der Waals surface area contributed by atoms with Crippen LogP contribution in [-0.4, -0.2) is 70.7 Å². The summed E-state index contributed by atoms with van der Waals surface area (Å²) in [5.74, 6) is -0.418. The van der Waals surface area contributed by atoms with Gasteiger partial charge in [0.1, 0.15) is 19.3 Å². The molecule has 0 spiro atoms. The van der Waals surface area contributed by atoms with Crippen LogP contribution in [0.3, 0.4) is 0 Å². The van der Waals surface area contributed by atoms with Gasteiger partial charge in [-0.1, -0.05) is 148 Å². The van der Waals surface area contributed by atoms with Crippen LogP contribution in [0, 0.1) is 0 Å². The molecule has 0 aliphatic rings. The second kappa shape index (κ2) is 41.4. The minimum absolute atomic E-state index is 0.00383. The van der Waals surface area contributed by atoms with Crippen LogP contribution in [0.4, 0.5) is 0 Å². The first-order valence-corrected chi connectivity index (χ1v) is 23.4. The minimum Gasteiger partial charge on any atom is -0.756 e. The number of carbonyl (C=O) groups excluding carboxylic acids is 1. The molecule has 0 amide bonds. The molecule has 59 heavy (non-hydrogen) atoms. The van der Waals surface area contributed by atoms with E-state index < -0.39 is 19.9 Å². The Balaban J connectivity index is 4.45. The lowest BCUT2D eigenvalue weighted by atomic mass is 10.2. The van der Waals surface area contributed by atoms with Gasteiger partial charge in [0.2, 0.25) is 0 Å². The van der Waals surface area contributed by atoms with Crippen LogP contribution in [0.2, 0.25) is 0 Å². The van der Waals surface area contributed by atoms with Gasteiger partial charge in [-0.15, -0.1) is 0 Å². The van der Waals surface area contributed by atoms with E-state index in [2.05, 4.69) is 148 Å². The number of ether oxygens (including phenoxy) is 2. The van der Waals surface area contributed by atoms with Gasteiger partial charge in [0, 0.05) is 13.0 Å². The lowest BCUT2D eigenvalue weighted by Crippen LogP contribution is -2.37. The molecule has 0 saturated heterocycles. The second-order valence-electron chi connectivity index (χ2n) is 14.9. The normalized spacial score (nSPS) is 15.0. The Morgan fingerprint density at radius 3 is 1.29 bits per heavy atom. The van der Waals surface area contributed by atoms with E-state index in [0.29, 0.717) is 24.1 Å². The summed E-state index contributed by atoms with van der Waals surface area (Å²) in [6.45, 7) is 4.89. The summed E-state index contributed by atoms with van der Waals surface area (Å²) >= 11 is 0. The molecular weight excluding hydrogens is 758 g/mol. The van der Waals surface area contributed by atoms with Gasteiger partial charge in [0.05, 0.1) is 34.4 Å². The number of carbonyl (C=O) groups is 1. The van der Waals surface area contributed by atoms with E-state index in [9.17, 15) is 14.3 Å². The van der Waals surface area contributed by atoms with Crippen molar-refractivity contribution >= 4 is 13.8 Å². The summed E-state index contributed by atoms with van der Waals surface area (Å²) in [4.78, 5) is 25.0. The van der Waals surface area contributed by atoms with Gasteiger partial charge in [-0.25, -0.2) is 0 Å². The van der Waals surface area contributed by atoms with E-state index in [1.807, 2.05) is 21.1 Å². The van der Waals surface area contributed by atoms with Gasteiger partial charge in [0.15, 0.2) is 0 Å². The van der Waals surface area contributed by atoms with Crippen LogP contribution in [0.5, 0.6) is 0 Å². The highest BCUT2D eigenvalue weighted by Crippen LogP contribution is 2.38. The smallest absolute Gasteiger partial charge is 0.306 e. The Bertz CT molecular complexity index is 1390. The number of quaternary nitrogens is 1. The highest BCUT2D eigenvalue weighted by molar-refractivity contribution is 7.45. The van der Waals surface area contributed by atoms with Crippen LogP contribution < -0.4 is 4.89 Å². The molecule has 8 nitrogen and oxygen atoms in total. The zero-order valence-electron chi connectivity index (χ0n) is 37.4. The maximum absolute atomic E-state index is 12.7. The van der Waals surface area contributed by atoms with E-state index in [-0.39, 0.29) is 26.2 Å². The summed E-state index contributed by atoms with van der Waals surface area (Å²) in [6, 6.07) is 0. The molecule has 0 aliphatic heterocycles. The molecule has 332 valence electrons. The number of esters is 1. The zero-order valence-corrected chi connectivity index (χ0v) is 38.3. The molecule has 0 aromatic heterocycles. The van der Waals surface area contributed by atoms with Crippen molar-refractivity contribution in [1.82, 2.24) is 0 Å². The number of likely N-dealkylation sites (N-methyl/N-ethyl adjacent to an activating group) is 1. The van der Waals surface area contributed by atoms with E-state index in [1.54, 1.807) is 0 Å². The number of allylic oxidation sites excluding steroid dienone is 22. The first-order chi connectivity index (χ1) is 28.6. The SMILES string of the molecule is CC/C=C\C/C=C\C/C=C\C/C=C\C/C=C\C/C=C\C/C=C\CCCC(=O)OC(COCCC/C=C\C/C=C\C/C=C\C/C=C\CC)COP(=O)([O-])OCC[N+](C)(C)C. The van der Waals surface area contributed by atoms with Crippen LogP contribution >= 0.6 is 7.82 Å². The molecule has 2 unspecified atom stereocenters. The standard InChI is InChI=1S/C50H80NO7P/c1-6-8-10-12-14-16-18-20-22-23-24-25-26-27-28-29-30-31-33-35-37-39-41-43-50(52)58-49(48-57-59(53,54)56-46-44-51(3,4)5)47-55-45-42-40-38-36-34-32-21-19-17-15-13-11-9-7-2/h8-11,14-17,20-22,24-25,27-28,30-32,35-38,49H,6-7,12-13,18-19,23,26,29,33-34,39-48H2,1-5H3/b10-8-,11-9-,16-14-,17-15-,22-20-,25-24-,28-27-,31-30-,32-21-,37-35-,38-36-. The highest BCUT2D eigenvalue weighted by Gasteiger charge is 2.20. The molecule has 0 bridgehead atoms. The van der Waals surface area contributed by atoms with Gasteiger partial charge in [-0.2, -0.15) is 0 Å². The van der Waals surface area contributed by atoms with Gasteiger partial charge in [0.25, 0.3) is 7.82 Å². The quantitative estimate of drug-likeness (QED) is 0.0201. The number of phosphoric acid groups is 1. The second-order valence-corrected chi connectivity index (χ2v) is 16.3. The van der Waals surface area contributed by atoms with Crippen LogP contribution in [-0.2, 0) is 27.9 Å². The lowest BCUT2D eigenvalue weighted by molar-refractivity contribution is -0.870. The van der Waals surface area contributed by atoms with Gasteiger partial charge >= 0.3 is 5.97 Å². The Morgan fingerprint density at radius 1 is 0.525 bits per heavy atom. The maximum atomic E-state index is 12.7. The highest BCUT2D eigenvalue weighted by atomic mass is 31.2. The summed E-state index contributed by atoms with van der Waals surface area (Å²) < 4.78 is 34.4. The molecule has 0 radical (unpaired) electrons. The molecule has 0 aromatic carbocycles. The summed E-state index contributed by atoms with van der Waals surface area (Å²) in [6.07, 6.45) is 60.7. The van der Waals surface area contributed by atoms with E-state index in [1.165, 1.54) is 0 Å². The third-order valence-corrected chi connectivity index (χ3v) is 9.16. The van der Waals surface area contributed by atoms with Crippen molar-refractivity contribution in [1.29, 1.82) is 0 Å². The lowest BCUT2D eigenvalue weighted by Gasteiger charge is -2.28. The van der Waals surface area contributed by atoms with Gasteiger partial charge < -0.3 is 27.9 Å². The largest absolute Gasteiger partial charge is 0.756 e. The van der Waals surface area contributed by atoms with E-state index in [4.69, 9.17) is 18.5 Å². The summed E-state index contributed by atoms with van der Waals surface area (Å²) in [5, 5.41) is 0. The number of unbranched alkanes of at least 4 members (excludes halogenated alkanes) is 2. The molecule has 9 heteroatoms. The van der Waals surface area contributed by atoms with Crippen molar-refractivity contribution in [3.05, 3.63) is 134 Å². The maximum Gasteiger partial charge on any atom is 0.306 e. The average Bonchev–Trinajstić information content (AvgIpc) is 3.19. The van der Waals surface area contributed by atoms with Crippen molar-refractivity contribution < 1.29 is 37.3 Å². The number of rotatable bonds is 38. The Labute approximate surface area is 360 Å². The molecule has 0 aliphatic carbocycles. The molecule has 0 N–H and O–H groups in total. The number of hydrogen-bond acceptors (Lipinski definition) is 7. The van der Waals surface area contributed by atoms with Crippen LogP contribution in [0.15, 0.2) is 134 Å². The number of nitrogens with zero attached hydrogens (tertiary/aromatic N) is 1. The fraction of sp³-hybridized carbons (Fsp3) is 0.540. The predicted molar refractivity (Wildman–Crippen MR) is 249 cm³/mol. The van der Waals surface area contributed by atoms with Crippen LogP contribution in [0.1, 0.15) is 117 Å². The molecular formula is C50H80NO7P. The fourth-order valence-corrected chi connectivity index (χ4v) is 5.62. The van der Waals surface area contributed by atoms with Crippen LogP contribution in [0.25, 0.3) is 0 Å². The number of phosphoric ester groups is 1. The van der Waals surface area contributed by atoms with Crippen molar-refractivity contribution in [2.75, 3.05) is 54.1 Å². The topological polar surface area (TPSA) is 94.1 Å².